The van der Waals surface area contributed by atoms with Crippen LogP contribution in [0.1, 0.15) is 24.8 Å². The molecule has 0 radical (unpaired) electrons. The quantitative estimate of drug-likeness (QED) is 0.427. The minimum Gasteiger partial charge on any atom is -0.324 e. The van der Waals surface area contributed by atoms with E-state index in [0.29, 0.717) is 0 Å². The second-order valence-corrected chi connectivity index (χ2v) is 8.93. The summed E-state index contributed by atoms with van der Waals surface area (Å²) in [6.45, 7) is 0. The number of likely N-dealkylation sites (tertiary alicyclic amines) is 1. The fraction of sp³-hybridized carbons (Fsp3) is 0.375. The molecule has 2 aliphatic carbocycles. The number of nitrogens with zero attached hydrogens (tertiary/aromatic N) is 2. The van der Waals surface area contributed by atoms with Crippen molar-refractivity contribution in [3.63, 3.8) is 0 Å². The molecule has 3 amide bonds. The second-order valence-electron chi connectivity index (χ2n) is 8.93. The Hall–Kier alpha value is -3.55. The third-order valence-corrected chi connectivity index (χ3v) is 7.17. The summed E-state index contributed by atoms with van der Waals surface area (Å²) in [4.78, 5) is 51.8. The van der Waals surface area contributed by atoms with Crippen molar-refractivity contribution in [3.05, 3.63) is 70.3 Å². The van der Waals surface area contributed by atoms with Gasteiger partial charge < -0.3 is 5.32 Å². The largest absolute Gasteiger partial charge is 0.324 e. The van der Waals surface area contributed by atoms with E-state index in [1.54, 1.807) is 6.07 Å². The van der Waals surface area contributed by atoms with Gasteiger partial charge in [-0.2, -0.15) is 0 Å². The number of non-ortho nitro benzene ring substituents is 1. The Morgan fingerprint density at radius 1 is 1.03 bits per heavy atom. The Labute approximate surface area is 184 Å². The van der Waals surface area contributed by atoms with Crippen LogP contribution < -0.4 is 5.32 Å². The van der Waals surface area contributed by atoms with Crippen molar-refractivity contribution in [1.82, 2.24) is 4.90 Å². The number of imide groups is 1. The highest BCUT2D eigenvalue weighted by atomic mass is 16.6. The minimum absolute atomic E-state index is 0.151. The van der Waals surface area contributed by atoms with Gasteiger partial charge in [-0.1, -0.05) is 36.4 Å². The molecule has 3 fully saturated rings. The van der Waals surface area contributed by atoms with Crippen LogP contribution in [0.3, 0.4) is 0 Å². The maximum Gasteiger partial charge on any atom is 0.271 e. The Bertz CT molecular complexity index is 1070. The highest BCUT2D eigenvalue weighted by molar-refractivity contribution is 6.10. The Balaban J connectivity index is 1.45. The van der Waals surface area contributed by atoms with E-state index >= 15 is 0 Å². The van der Waals surface area contributed by atoms with Crippen LogP contribution in [-0.2, 0) is 20.8 Å². The zero-order valence-corrected chi connectivity index (χ0v) is 17.3. The fourth-order valence-electron chi connectivity index (χ4n) is 5.80. The first kappa shape index (κ1) is 20.4. The van der Waals surface area contributed by atoms with Crippen LogP contribution in [0.5, 0.6) is 0 Å². The summed E-state index contributed by atoms with van der Waals surface area (Å²) >= 11 is 0. The first-order valence-electron chi connectivity index (χ1n) is 10.9. The molecular weight excluding hydrogens is 410 g/mol. The minimum atomic E-state index is -1.01. The van der Waals surface area contributed by atoms with Gasteiger partial charge in [-0.05, 0) is 42.7 Å². The van der Waals surface area contributed by atoms with Crippen LogP contribution in [0, 0.1) is 33.8 Å². The molecule has 1 aliphatic heterocycles. The summed E-state index contributed by atoms with van der Waals surface area (Å²) in [7, 11) is 0. The average Bonchev–Trinajstić information content (AvgIpc) is 3.47. The van der Waals surface area contributed by atoms with Gasteiger partial charge in [0.25, 0.3) is 5.69 Å². The summed E-state index contributed by atoms with van der Waals surface area (Å²) in [5.41, 5.74) is 0.927. The third kappa shape index (κ3) is 3.36. The Kier molecular flexibility index (Phi) is 5.00. The summed E-state index contributed by atoms with van der Waals surface area (Å²) in [6, 6.07) is 13.9. The summed E-state index contributed by atoms with van der Waals surface area (Å²) < 4.78 is 0. The number of anilines is 1. The smallest absolute Gasteiger partial charge is 0.271 e. The van der Waals surface area contributed by atoms with Crippen LogP contribution in [0.4, 0.5) is 11.4 Å². The number of benzene rings is 2. The first-order valence-corrected chi connectivity index (χ1v) is 10.9. The summed E-state index contributed by atoms with van der Waals surface area (Å²) in [5, 5.41) is 13.8. The molecular formula is C24H23N3O5. The van der Waals surface area contributed by atoms with Crippen molar-refractivity contribution in [1.29, 1.82) is 0 Å². The Morgan fingerprint density at radius 2 is 1.69 bits per heavy atom. The van der Waals surface area contributed by atoms with Crippen molar-refractivity contribution >= 4 is 29.1 Å². The normalized spacial score (nSPS) is 26.8. The molecule has 0 spiro atoms. The van der Waals surface area contributed by atoms with Crippen molar-refractivity contribution in [2.45, 2.75) is 31.7 Å². The molecule has 1 saturated heterocycles. The molecule has 0 unspecified atom stereocenters. The van der Waals surface area contributed by atoms with E-state index in [1.165, 1.54) is 23.1 Å². The molecule has 8 nitrogen and oxygen atoms in total. The highest BCUT2D eigenvalue weighted by Gasteiger charge is 2.62. The van der Waals surface area contributed by atoms with E-state index in [1.807, 2.05) is 30.3 Å². The molecule has 2 saturated carbocycles. The number of hydrogen-bond acceptors (Lipinski definition) is 5. The van der Waals surface area contributed by atoms with Crippen molar-refractivity contribution in [3.8, 4) is 0 Å². The lowest BCUT2D eigenvalue weighted by Gasteiger charge is -2.27. The zero-order valence-electron chi connectivity index (χ0n) is 17.3. The van der Waals surface area contributed by atoms with Gasteiger partial charge in [-0.15, -0.1) is 0 Å². The number of nitro benzene ring substituents is 1. The van der Waals surface area contributed by atoms with E-state index in [9.17, 15) is 24.5 Å². The topological polar surface area (TPSA) is 110 Å². The van der Waals surface area contributed by atoms with Crippen molar-refractivity contribution in [2.75, 3.05) is 5.32 Å². The molecule has 0 aromatic heterocycles. The number of hydrogen-bond donors (Lipinski definition) is 1. The number of nitrogens with one attached hydrogen (secondary N) is 1. The number of amides is 3. The Morgan fingerprint density at radius 3 is 2.31 bits per heavy atom. The molecule has 5 rings (SSSR count). The molecule has 3 aliphatic rings. The van der Waals surface area contributed by atoms with Gasteiger partial charge in [0, 0.05) is 24.2 Å². The van der Waals surface area contributed by atoms with Gasteiger partial charge in [0.1, 0.15) is 6.04 Å². The van der Waals surface area contributed by atoms with Gasteiger partial charge in [0.15, 0.2) is 0 Å². The number of rotatable bonds is 6. The molecule has 164 valence electrons. The molecule has 32 heavy (non-hydrogen) atoms. The van der Waals surface area contributed by atoms with Crippen LogP contribution in [0.2, 0.25) is 0 Å². The van der Waals surface area contributed by atoms with Crippen LogP contribution >= 0.6 is 0 Å². The molecule has 8 heteroatoms. The first-order chi connectivity index (χ1) is 15.4. The van der Waals surface area contributed by atoms with Crippen LogP contribution in [-0.4, -0.2) is 33.6 Å². The van der Waals surface area contributed by atoms with Crippen LogP contribution in [0.15, 0.2) is 54.6 Å². The number of carbonyl (C=O) groups is 3. The number of nitro groups is 1. The van der Waals surface area contributed by atoms with E-state index in [4.69, 9.17) is 0 Å². The molecule has 1 heterocycles. The molecule has 5 atom stereocenters. The average molecular weight is 433 g/mol. The monoisotopic (exact) mass is 433 g/mol. The van der Waals surface area contributed by atoms with Gasteiger partial charge in [-0.25, -0.2) is 0 Å². The van der Waals surface area contributed by atoms with Gasteiger partial charge in [0.2, 0.25) is 17.7 Å². The lowest BCUT2D eigenvalue weighted by molar-refractivity contribution is -0.384. The SMILES string of the molecule is O=C(Nc1cccc([N+](=O)[O-])c1)[C@@H](Cc1ccccc1)N1C(=O)[C@H]2[C@@H]3CC[C@@H](C3)[C@@H]2C1=O. The molecule has 2 bridgehead atoms. The van der Waals surface area contributed by atoms with E-state index in [2.05, 4.69) is 5.32 Å². The lowest BCUT2D eigenvalue weighted by Crippen LogP contribution is -2.49. The highest BCUT2D eigenvalue weighted by Crippen LogP contribution is 2.56. The predicted octanol–water partition coefficient (Wildman–Crippen LogP) is 3.18. The van der Waals surface area contributed by atoms with E-state index < -0.39 is 16.9 Å². The zero-order chi connectivity index (χ0) is 22.4. The summed E-state index contributed by atoms with van der Waals surface area (Å²) in [5.74, 6) is -1.20. The predicted molar refractivity (Wildman–Crippen MR) is 115 cm³/mol. The number of fused-ring (bicyclic) bond motifs is 5. The maximum absolute atomic E-state index is 13.4. The lowest BCUT2D eigenvalue weighted by atomic mass is 9.81. The summed E-state index contributed by atoms with van der Waals surface area (Å²) in [6.07, 6.45) is 3.03. The van der Waals surface area contributed by atoms with E-state index in [0.717, 1.165) is 24.8 Å². The van der Waals surface area contributed by atoms with Crippen molar-refractivity contribution < 1.29 is 19.3 Å². The fourth-order valence-corrected chi connectivity index (χ4v) is 5.80. The van der Waals surface area contributed by atoms with Crippen molar-refractivity contribution in [2.24, 2.45) is 23.7 Å². The van der Waals surface area contributed by atoms with Gasteiger partial charge in [0.05, 0.1) is 16.8 Å². The van der Waals surface area contributed by atoms with Gasteiger partial charge in [-0.3, -0.25) is 29.4 Å². The molecule has 2 aromatic carbocycles. The van der Waals surface area contributed by atoms with E-state index in [-0.39, 0.29) is 53.3 Å². The van der Waals surface area contributed by atoms with Crippen LogP contribution in [0.25, 0.3) is 0 Å². The third-order valence-electron chi connectivity index (χ3n) is 7.17. The molecule has 1 N–H and O–H groups in total. The van der Waals surface area contributed by atoms with Gasteiger partial charge >= 0.3 is 0 Å². The number of carbonyl (C=O) groups excluding carboxylic acids is 3. The second kappa shape index (κ2) is 7.85. The maximum atomic E-state index is 13.4. The standard InChI is InChI=1S/C24H23N3O5/c28-22(25-17-7-4-8-18(13-17)27(31)32)19(11-14-5-2-1-3-6-14)26-23(29)20-15-9-10-16(12-15)21(20)24(26)30/h1-8,13,15-16,19-21H,9-12H2,(H,25,28)/t15-,16+,19-,20+,21+/m1/s1. The molecule has 2 aromatic rings.